The maximum atomic E-state index is 12.2. The number of aliphatic carboxylic acids is 1. The Balaban J connectivity index is 2.46. The summed E-state index contributed by atoms with van der Waals surface area (Å²) in [7, 11) is -3.20. The second-order valence-electron chi connectivity index (χ2n) is 6.48. The predicted molar refractivity (Wildman–Crippen MR) is 87.3 cm³/mol. The van der Waals surface area contributed by atoms with Gasteiger partial charge in [-0.25, -0.2) is 12.7 Å². The predicted octanol–water partition coefficient (Wildman–Crippen LogP) is 0.911. The molecule has 1 saturated heterocycles. The molecular weight excluding hydrogens is 320 g/mol. The number of rotatable bonds is 8. The Kier molecular flexibility index (Phi) is 7.47. The Labute approximate surface area is 138 Å². The molecule has 1 aliphatic rings. The highest BCUT2D eigenvalue weighted by molar-refractivity contribution is 7.89. The van der Waals surface area contributed by atoms with Crippen LogP contribution in [0.5, 0.6) is 0 Å². The monoisotopic (exact) mass is 348 g/mol. The summed E-state index contributed by atoms with van der Waals surface area (Å²) < 4.78 is 25.0. The van der Waals surface area contributed by atoms with Gasteiger partial charge in [-0.15, -0.1) is 0 Å². The zero-order valence-corrected chi connectivity index (χ0v) is 14.9. The SMILES string of the molecule is CCS(=O)(=O)N1CCC(C(=O)NCC(CC(C)C)C(=O)O)CC1. The van der Waals surface area contributed by atoms with Crippen molar-refractivity contribution in [2.75, 3.05) is 25.4 Å². The molecule has 0 bridgehead atoms. The number of amides is 1. The Morgan fingerprint density at radius 1 is 1.26 bits per heavy atom. The van der Waals surface area contributed by atoms with Gasteiger partial charge in [-0.05, 0) is 32.1 Å². The van der Waals surface area contributed by atoms with E-state index in [1.807, 2.05) is 13.8 Å². The van der Waals surface area contributed by atoms with Gasteiger partial charge in [-0.3, -0.25) is 9.59 Å². The van der Waals surface area contributed by atoms with E-state index < -0.39 is 21.9 Å². The first kappa shape index (κ1) is 19.9. The molecule has 1 aliphatic heterocycles. The smallest absolute Gasteiger partial charge is 0.308 e. The standard InChI is InChI=1S/C15H28N2O5S/c1-4-23(21,22)17-7-5-12(6-8-17)14(18)16-10-13(15(19)20)9-11(2)3/h11-13H,4-10H2,1-3H3,(H,16,18)(H,19,20). The molecule has 2 N–H and O–H groups in total. The van der Waals surface area contributed by atoms with Crippen LogP contribution < -0.4 is 5.32 Å². The summed E-state index contributed by atoms with van der Waals surface area (Å²) in [5, 5.41) is 11.9. The van der Waals surface area contributed by atoms with Gasteiger partial charge in [0.15, 0.2) is 0 Å². The Morgan fingerprint density at radius 3 is 2.26 bits per heavy atom. The normalized spacial score (nSPS) is 18.8. The third-order valence-corrected chi connectivity index (χ3v) is 6.09. The van der Waals surface area contributed by atoms with Crippen LogP contribution in [0, 0.1) is 17.8 Å². The van der Waals surface area contributed by atoms with E-state index in [4.69, 9.17) is 0 Å². The number of nitrogens with one attached hydrogen (secondary N) is 1. The van der Waals surface area contributed by atoms with Crippen LogP contribution in [-0.2, 0) is 19.6 Å². The van der Waals surface area contributed by atoms with Gasteiger partial charge in [-0.2, -0.15) is 0 Å². The number of hydrogen-bond acceptors (Lipinski definition) is 4. The van der Waals surface area contributed by atoms with Crippen LogP contribution >= 0.6 is 0 Å². The minimum absolute atomic E-state index is 0.0688. The molecule has 0 radical (unpaired) electrons. The molecule has 0 aliphatic carbocycles. The van der Waals surface area contributed by atoms with E-state index in [-0.39, 0.29) is 30.0 Å². The molecular formula is C15H28N2O5S. The molecule has 7 nitrogen and oxygen atoms in total. The third-order valence-electron chi connectivity index (χ3n) is 4.21. The van der Waals surface area contributed by atoms with Crippen molar-refractivity contribution in [2.24, 2.45) is 17.8 Å². The topological polar surface area (TPSA) is 104 Å². The second-order valence-corrected chi connectivity index (χ2v) is 8.74. The lowest BCUT2D eigenvalue weighted by Crippen LogP contribution is -2.44. The van der Waals surface area contributed by atoms with Gasteiger partial charge in [0, 0.05) is 25.6 Å². The van der Waals surface area contributed by atoms with Crippen molar-refractivity contribution >= 4 is 21.9 Å². The number of nitrogens with zero attached hydrogens (tertiary/aromatic N) is 1. The number of carboxylic acids is 1. The van der Waals surface area contributed by atoms with Crippen molar-refractivity contribution in [1.29, 1.82) is 0 Å². The molecule has 0 aromatic rings. The number of sulfonamides is 1. The molecule has 1 unspecified atom stereocenters. The summed E-state index contributed by atoms with van der Waals surface area (Å²) in [6, 6.07) is 0. The van der Waals surface area contributed by atoms with E-state index in [0.29, 0.717) is 32.4 Å². The van der Waals surface area contributed by atoms with Crippen LogP contribution in [0.25, 0.3) is 0 Å². The number of piperidine rings is 1. The summed E-state index contributed by atoms with van der Waals surface area (Å²) in [6.07, 6.45) is 1.47. The van der Waals surface area contributed by atoms with Crippen molar-refractivity contribution in [3.8, 4) is 0 Å². The molecule has 23 heavy (non-hydrogen) atoms. The molecule has 0 spiro atoms. The number of hydrogen-bond donors (Lipinski definition) is 2. The van der Waals surface area contributed by atoms with Gasteiger partial charge in [0.1, 0.15) is 0 Å². The maximum Gasteiger partial charge on any atom is 0.308 e. The van der Waals surface area contributed by atoms with Crippen LogP contribution in [0.1, 0.15) is 40.0 Å². The molecule has 1 heterocycles. The molecule has 134 valence electrons. The molecule has 1 amide bonds. The lowest BCUT2D eigenvalue weighted by molar-refractivity contribution is -0.142. The zero-order valence-electron chi connectivity index (χ0n) is 14.1. The van der Waals surface area contributed by atoms with Gasteiger partial charge in [0.05, 0.1) is 11.7 Å². The number of carbonyl (C=O) groups excluding carboxylic acids is 1. The first-order valence-electron chi connectivity index (χ1n) is 8.15. The summed E-state index contributed by atoms with van der Waals surface area (Å²) >= 11 is 0. The van der Waals surface area contributed by atoms with Crippen LogP contribution in [-0.4, -0.2) is 55.1 Å². The van der Waals surface area contributed by atoms with Gasteiger partial charge in [0.25, 0.3) is 0 Å². The largest absolute Gasteiger partial charge is 0.481 e. The lowest BCUT2D eigenvalue weighted by Gasteiger charge is -2.30. The number of carbonyl (C=O) groups is 2. The fourth-order valence-electron chi connectivity index (χ4n) is 2.79. The first-order valence-corrected chi connectivity index (χ1v) is 9.76. The minimum atomic E-state index is -3.20. The first-order chi connectivity index (χ1) is 10.7. The molecule has 0 aromatic heterocycles. The van der Waals surface area contributed by atoms with E-state index in [0.717, 1.165) is 0 Å². The van der Waals surface area contributed by atoms with Gasteiger partial charge < -0.3 is 10.4 Å². The van der Waals surface area contributed by atoms with E-state index in [1.54, 1.807) is 6.92 Å². The molecule has 1 rings (SSSR count). The van der Waals surface area contributed by atoms with Crippen molar-refractivity contribution in [2.45, 2.75) is 40.0 Å². The second kappa shape index (κ2) is 8.63. The third kappa shape index (κ3) is 6.10. The van der Waals surface area contributed by atoms with Crippen LogP contribution in [0.2, 0.25) is 0 Å². The average molecular weight is 348 g/mol. The Hall–Kier alpha value is -1.15. The zero-order chi connectivity index (χ0) is 17.6. The Bertz CT molecular complexity index is 510. The number of carboxylic acid groups (broad SMARTS) is 1. The highest BCUT2D eigenvalue weighted by Gasteiger charge is 2.30. The highest BCUT2D eigenvalue weighted by Crippen LogP contribution is 2.20. The van der Waals surface area contributed by atoms with Crippen molar-refractivity contribution in [3.63, 3.8) is 0 Å². The Morgan fingerprint density at radius 2 is 1.83 bits per heavy atom. The van der Waals surface area contributed by atoms with Gasteiger partial charge in [-0.1, -0.05) is 13.8 Å². The maximum absolute atomic E-state index is 12.2. The lowest BCUT2D eigenvalue weighted by atomic mass is 9.95. The molecule has 0 aromatic carbocycles. The van der Waals surface area contributed by atoms with Crippen LogP contribution in [0.3, 0.4) is 0 Å². The van der Waals surface area contributed by atoms with E-state index in [9.17, 15) is 23.1 Å². The average Bonchev–Trinajstić information content (AvgIpc) is 2.50. The summed E-state index contributed by atoms with van der Waals surface area (Å²) in [4.78, 5) is 23.4. The highest BCUT2D eigenvalue weighted by atomic mass is 32.2. The van der Waals surface area contributed by atoms with Crippen molar-refractivity contribution in [1.82, 2.24) is 9.62 Å². The van der Waals surface area contributed by atoms with E-state index in [1.165, 1.54) is 4.31 Å². The fourth-order valence-corrected chi connectivity index (χ4v) is 3.92. The van der Waals surface area contributed by atoms with E-state index in [2.05, 4.69) is 5.32 Å². The van der Waals surface area contributed by atoms with Crippen molar-refractivity contribution in [3.05, 3.63) is 0 Å². The van der Waals surface area contributed by atoms with Crippen molar-refractivity contribution < 1.29 is 23.1 Å². The summed E-state index contributed by atoms with van der Waals surface area (Å²) in [5.41, 5.74) is 0. The quantitative estimate of drug-likeness (QED) is 0.678. The van der Waals surface area contributed by atoms with Gasteiger partial charge in [0.2, 0.25) is 15.9 Å². The molecule has 1 atom stereocenters. The van der Waals surface area contributed by atoms with Crippen LogP contribution in [0.4, 0.5) is 0 Å². The molecule has 0 saturated carbocycles. The molecule has 8 heteroatoms. The summed E-state index contributed by atoms with van der Waals surface area (Å²) in [6.45, 7) is 6.32. The van der Waals surface area contributed by atoms with E-state index >= 15 is 0 Å². The summed E-state index contributed by atoms with van der Waals surface area (Å²) in [5.74, 6) is -1.59. The van der Waals surface area contributed by atoms with Gasteiger partial charge >= 0.3 is 5.97 Å². The molecule has 1 fully saturated rings. The minimum Gasteiger partial charge on any atom is -0.481 e. The van der Waals surface area contributed by atoms with Crippen LogP contribution in [0.15, 0.2) is 0 Å². The fraction of sp³-hybridized carbons (Fsp3) is 0.867.